The van der Waals surface area contributed by atoms with Gasteiger partial charge in [-0.15, -0.1) is 0 Å². The van der Waals surface area contributed by atoms with Crippen LogP contribution < -0.4 is 4.90 Å². The molecular formula is C14H15ClN4O4. The van der Waals surface area contributed by atoms with Crippen molar-refractivity contribution in [2.24, 2.45) is 7.05 Å². The lowest BCUT2D eigenvalue weighted by Gasteiger charge is -2.17. The van der Waals surface area contributed by atoms with Gasteiger partial charge in [0.15, 0.2) is 5.82 Å². The summed E-state index contributed by atoms with van der Waals surface area (Å²) in [6, 6.07) is 4.29. The topological polar surface area (TPSA) is 90.5 Å². The molecule has 2 rings (SSSR count). The number of aromatic nitrogens is 2. The van der Waals surface area contributed by atoms with Crippen molar-refractivity contribution < 1.29 is 14.5 Å². The summed E-state index contributed by atoms with van der Waals surface area (Å²) in [5.41, 5.74) is 0.310. The second-order valence-corrected chi connectivity index (χ2v) is 5.15. The molecule has 0 bridgehead atoms. The average molecular weight is 339 g/mol. The highest BCUT2D eigenvalue weighted by Crippen LogP contribution is 2.35. The lowest BCUT2D eigenvalue weighted by Crippen LogP contribution is -2.16. The molecule has 23 heavy (non-hydrogen) atoms. The number of benzene rings is 1. The molecule has 0 unspecified atom stereocenters. The number of anilines is 2. The Morgan fingerprint density at radius 1 is 1.52 bits per heavy atom. The summed E-state index contributed by atoms with van der Waals surface area (Å²) < 4.78 is 6.44. The number of carbonyl (C=O) groups is 1. The number of aryl methyl sites for hydroxylation is 1. The van der Waals surface area contributed by atoms with E-state index in [1.54, 1.807) is 21.0 Å². The minimum absolute atomic E-state index is 0.180. The molecule has 0 aliphatic heterocycles. The van der Waals surface area contributed by atoms with Crippen LogP contribution in [0.2, 0.25) is 5.02 Å². The SMILES string of the molecule is CCOC(=O)c1cn(C)nc1N(C)c1ccc(Cl)cc1[N+](=O)[O-]. The normalized spacial score (nSPS) is 10.4. The fourth-order valence-electron chi connectivity index (χ4n) is 2.12. The van der Waals surface area contributed by atoms with Crippen molar-refractivity contribution >= 4 is 34.8 Å². The average Bonchev–Trinajstić information content (AvgIpc) is 2.88. The fraction of sp³-hybridized carbons (Fsp3) is 0.286. The zero-order valence-corrected chi connectivity index (χ0v) is 13.6. The Bertz CT molecular complexity index is 759. The van der Waals surface area contributed by atoms with E-state index in [9.17, 15) is 14.9 Å². The number of esters is 1. The molecule has 2 aromatic rings. The van der Waals surface area contributed by atoms with Crippen molar-refractivity contribution in [3.8, 4) is 0 Å². The van der Waals surface area contributed by atoms with E-state index >= 15 is 0 Å². The number of nitro groups is 1. The highest BCUT2D eigenvalue weighted by Gasteiger charge is 2.25. The number of nitro benzene ring substituents is 1. The van der Waals surface area contributed by atoms with Crippen LogP contribution in [0.25, 0.3) is 0 Å². The molecular weight excluding hydrogens is 324 g/mol. The van der Waals surface area contributed by atoms with Crippen LogP contribution in [0.15, 0.2) is 24.4 Å². The van der Waals surface area contributed by atoms with E-state index < -0.39 is 10.9 Å². The molecule has 0 saturated heterocycles. The lowest BCUT2D eigenvalue weighted by atomic mass is 10.2. The molecule has 1 aromatic carbocycles. The van der Waals surface area contributed by atoms with Crippen molar-refractivity contribution in [2.75, 3.05) is 18.6 Å². The Balaban J connectivity index is 2.52. The maximum Gasteiger partial charge on any atom is 0.343 e. The molecule has 0 spiro atoms. The smallest absolute Gasteiger partial charge is 0.343 e. The van der Waals surface area contributed by atoms with Gasteiger partial charge in [-0.2, -0.15) is 5.10 Å². The van der Waals surface area contributed by atoms with Crippen molar-refractivity contribution in [3.63, 3.8) is 0 Å². The highest BCUT2D eigenvalue weighted by molar-refractivity contribution is 6.31. The molecule has 0 radical (unpaired) electrons. The Hall–Kier alpha value is -2.61. The van der Waals surface area contributed by atoms with E-state index in [0.29, 0.717) is 0 Å². The van der Waals surface area contributed by atoms with E-state index in [1.165, 1.54) is 34.0 Å². The first-order valence-electron chi connectivity index (χ1n) is 6.73. The Kier molecular flexibility index (Phi) is 4.85. The van der Waals surface area contributed by atoms with Gasteiger partial charge >= 0.3 is 5.97 Å². The first-order valence-corrected chi connectivity index (χ1v) is 7.11. The summed E-state index contributed by atoms with van der Waals surface area (Å²) in [4.78, 5) is 24.2. The van der Waals surface area contributed by atoms with Crippen LogP contribution in [0.3, 0.4) is 0 Å². The van der Waals surface area contributed by atoms with Crippen molar-refractivity contribution in [2.45, 2.75) is 6.92 Å². The second kappa shape index (κ2) is 6.66. The zero-order chi connectivity index (χ0) is 17.1. The van der Waals surface area contributed by atoms with E-state index in [-0.39, 0.29) is 34.4 Å². The number of carbonyl (C=O) groups excluding carboxylic acids is 1. The van der Waals surface area contributed by atoms with Crippen LogP contribution in [0, 0.1) is 10.1 Å². The lowest BCUT2D eigenvalue weighted by molar-refractivity contribution is -0.384. The number of halogens is 1. The molecule has 1 heterocycles. The molecule has 0 aliphatic carbocycles. The summed E-state index contributed by atoms with van der Waals surface area (Å²) in [6.07, 6.45) is 1.51. The quantitative estimate of drug-likeness (QED) is 0.473. The first-order chi connectivity index (χ1) is 10.8. The standard InChI is InChI=1S/C14H15ClN4O4/c1-4-23-14(20)10-8-17(2)16-13(10)18(3)11-6-5-9(15)7-12(11)19(21)22/h5-8H,4H2,1-3H3. The van der Waals surface area contributed by atoms with E-state index in [1.807, 2.05) is 0 Å². The van der Waals surface area contributed by atoms with Gasteiger partial charge in [0, 0.05) is 31.4 Å². The number of nitrogens with zero attached hydrogens (tertiary/aromatic N) is 4. The molecule has 122 valence electrons. The number of hydrogen-bond acceptors (Lipinski definition) is 6. The summed E-state index contributed by atoms with van der Waals surface area (Å²) >= 11 is 5.82. The van der Waals surface area contributed by atoms with Crippen LogP contribution >= 0.6 is 11.6 Å². The molecule has 9 heteroatoms. The molecule has 0 saturated carbocycles. The number of rotatable bonds is 5. The van der Waals surface area contributed by atoms with Gasteiger partial charge in [-0.25, -0.2) is 4.79 Å². The third kappa shape index (κ3) is 3.42. The number of ether oxygens (including phenoxy) is 1. The van der Waals surface area contributed by atoms with Gasteiger partial charge in [-0.1, -0.05) is 11.6 Å². The van der Waals surface area contributed by atoms with Gasteiger partial charge in [0.1, 0.15) is 11.3 Å². The van der Waals surface area contributed by atoms with Crippen LogP contribution in [0.5, 0.6) is 0 Å². The predicted octanol–water partition coefficient (Wildman–Crippen LogP) is 2.93. The Morgan fingerprint density at radius 3 is 2.83 bits per heavy atom. The van der Waals surface area contributed by atoms with Gasteiger partial charge < -0.3 is 9.64 Å². The highest BCUT2D eigenvalue weighted by atomic mass is 35.5. The van der Waals surface area contributed by atoms with E-state index in [2.05, 4.69) is 5.10 Å². The Morgan fingerprint density at radius 2 is 2.22 bits per heavy atom. The van der Waals surface area contributed by atoms with Crippen LogP contribution in [-0.4, -0.2) is 34.3 Å². The van der Waals surface area contributed by atoms with Gasteiger partial charge in [-0.3, -0.25) is 14.8 Å². The van der Waals surface area contributed by atoms with Gasteiger partial charge in [0.05, 0.1) is 11.5 Å². The largest absolute Gasteiger partial charge is 0.462 e. The first kappa shape index (κ1) is 16.8. The molecule has 8 nitrogen and oxygen atoms in total. The van der Waals surface area contributed by atoms with E-state index in [0.717, 1.165) is 0 Å². The third-order valence-corrected chi connectivity index (χ3v) is 3.35. The second-order valence-electron chi connectivity index (χ2n) is 4.71. The van der Waals surface area contributed by atoms with Crippen molar-refractivity contribution in [1.29, 1.82) is 0 Å². The maximum absolute atomic E-state index is 12.0. The van der Waals surface area contributed by atoms with Crippen LogP contribution in [-0.2, 0) is 11.8 Å². The molecule has 1 aromatic heterocycles. The molecule has 0 N–H and O–H groups in total. The molecule has 0 atom stereocenters. The summed E-state index contributed by atoms with van der Waals surface area (Å²) in [7, 11) is 3.23. The van der Waals surface area contributed by atoms with Gasteiger partial charge in [0.2, 0.25) is 0 Å². The third-order valence-electron chi connectivity index (χ3n) is 3.12. The van der Waals surface area contributed by atoms with Crippen molar-refractivity contribution in [1.82, 2.24) is 9.78 Å². The number of hydrogen-bond donors (Lipinski definition) is 0. The minimum Gasteiger partial charge on any atom is -0.462 e. The predicted molar refractivity (Wildman–Crippen MR) is 85.3 cm³/mol. The molecule has 0 fully saturated rings. The van der Waals surface area contributed by atoms with Gasteiger partial charge in [0.25, 0.3) is 5.69 Å². The van der Waals surface area contributed by atoms with E-state index in [4.69, 9.17) is 16.3 Å². The van der Waals surface area contributed by atoms with Crippen LogP contribution in [0.1, 0.15) is 17.3 Å². The fourth-order valence-corrected chi connectivity index (χ4v) is 2.28. The van der Waals surface area contributed by atoms with Crippen LogP contribution in [0.4, 0.5) is 17.2 Å². The Labute approximate surface area is 137 Å². The molecule has 0 amide bonds. The summed E-state index contributed by atoms with van der Waals surface area (Å²) in [5, 5.41) is 15.7. The monoisotopic (exact) mass is 338 g/mol. The summed E-state index contributed by atoms with van der Waals surface area (Å²) in [6.45, 7) is 1.92. The maximum atomic E-state index is 12.0. The summed E-state index contributed by atoms with van der Waals surface area (Å²) in [5.74, 6) is -0.282. The molecule has 0 aliphatic rings. The minimum atomic E-state index is -0.543. The van der Waals surface area contributed by atoms with Gasteiger partial charge in [-0.05, 0) is 19.1 Å². The van der Waals surface area contributed by atoms with Crippen molar-refractivity contribution in [3.05, 3.63) is 45.1 Å². The zero-order valence-electron chi connectivity index (χ0n) is 12.8.